The van der Waals surface area contributed by atoms with Crippen LogP contribution < -0.4 is 10.6 Å². The smallest absolute Gasteiger partial charge is 0.193 e. The molecule has 6 heteroatoms. The summed E-state index contributed by atoms with van der Waals surface area (Å²) in [4.78, 5) is 6.77. The van der Waals surface area contributed by atoms with Gasteiger partial charge in [0.1, 0.15) is 0 Å². The average Bonchev–Trinajstić information content (AvgIpc) is 2.26. The molecule has 0 bridgehead atoms. The number of hydrogen-bond acceptors (Lipinski definition) is 3. The molecule has 0 aliphatic carbocycles. The predicted octanol–water partition coefficient (Wildman–Crippen LogP) is 2.40. The molecule has 1 saturated heterocycles. The first kappa shape index (κ1) is 20.3. The van der Waals surface area contributed by atoms with Gasteiger partial charge in [0.15, 0.2) is 5.96 Å². The molecule has 1 aliphatic rings. The molecule has 0 aromatic rings. The Labute approximate surface area is 145 Å². The molecule has 0 saturated carbocycles. The number of thioether (sulfide) groups is 1. The minimum absolute atomic E-state index is 0. The van der Waals surface area contributed by atoms with Crippen molar-refractivity contribution < 1.29 is 0 Å². The standard InChI is InChI=1S/C14H30N4S.HI/c1-13(2,3)17-8-7-16-12(15-6)18-9-10-19-14(4,5)11-18;/h17H,7-11H2,1-6H3,(H,15,16);1H. The lowest BCUT2D eigenvalue weighted by molar-refractivity contribution is 0.372. The number of halogens is 1. The van der Waals surface area contributed by atoms with Crippen molar-refractivity contribution in [3.05, 3.63) is 0 Å². The summed E-state index contributed by atoms with van der Waals surface area (Å²) < 4.78 is 0.319. The minimum Gasteiger partial charge on any atom is -0.355 e. The van der Waals surface area contributed by atoms with E-state index in [0.717, 1.165) is 32.1 Å². The Morgan fingerprint density at radius 3 is 2.45 bits per heavy atom. The molecule has 1 aliphatic heterocycles. The van der Waals surface area contributed by atoms with Crippen LogP contribution in [0.25, 0.3) is 0 Å². The van der Waals surface area contributed by atoms with Gasteiger partial charge in [-0.15, -0.1) is 24.0 Å². The van der Waals surface area contributed by atoms with Crippen LogP contribution in [0.15, 0.2) is 4.99 Å². The molecule has 4 nitrogen and oxygen atoms in total. The number of aliphatic imine (C=N–C) groups is 1. The van der Waals surface area contributed by atoms with E-state index in [2.05, 4.69) is 55.1 Å². The maximum atomic E-state index is 4.41. The van der Waals surface area contributed by atoms with Gasteiger partial charge in [0.25, 0.3) is 0 Å². The van der Waals surface area contributed by atoms with Crippen molar-refractivity contribution in [2.24, 2.45) is 4.99 Å². The third-order valence-electron chi connectivity index (χ3n) is 3.00. The first-order valence-corrected chi connectivity index (χ1v) is 8.07. The van der Waals surface area contributed by atoms with E-state index in [1.165, 1.54) is 5.75 Å². The molecule has 1 rings (SSSR count). The summed E-state index contributed by atoms with van der Waals surface area (Å²) in [5.41, 5.74) is 0.176. The lowest BCUT2D eigenvalue weighted by atomic mass is 10.1. The van der Waals surface area contributed by atoms with Crippen LogP contribution in [-0.4, -0.2) is 60.1 Å². The summed E-state index contributed by atoms with van der Waals surface area (Å²) in [7, 11) is 1.87. The van der Waals surface area contributed by atoms with Crippen molar-refractivity contribution in [2.75, 3.05) is 39.0 Å². The lowest BCUT2D eigenvalue weighted by Crippen LogP contribution is -2.52. The minimum atomic E-state index is 0. The van der Waals surface area contributed by atoms with E-state index < -0.39 is 0 Å². The Morgan fingerprint density at radius 1 is 1.30 bits per heavy atom. The molecule has 2 N–H and O–H groups in total. The molecule has 20 heavy (non-hydrogen) atoms. The fourth-order valence-electron chi connectivity index (χ4n) is 2.14. The van der Waals surface area contributed by atoms with Gasteiger partial charge in [0.2, 0.25) is 0 Å². The van der Waals surface area contributed by atoms with Gasteiger partial charge in [-0.1, -0.05) is 0 Å². The number of hydrogen-bond donors (Lipinski definition) is 2. The van der Waals surface area contributed by atoms with Crippen LogP contribution in [-0.2, 0) is 0 Å². The molecule has 120 valence electrons. The summed E-state index contributed by atoms with van der Waals surface area (Å²) in [5.74, 6) is 2.21. The SMILES string of the molecule is CN=C(NCCNC(C)(C)C)N1CCSC(C)(C)C1.I. The van der Waals surface area contributed by atoms with Crippen LogP contribution in [0.4, 0.5) is 0 Å². The molecule has 0 atom stereocenters. The van der Waals surface area contributed by atoms with E-state index in [9.17, 15) is 0 Å². The highest BCUT2D eigenvalue weighted by molar-refractivity contribution is 14.0. The predicted molar refractivity (Wildman–Crippen MR) is 103 cm³/mol. The zero-order valence-corrected chi connectivity index (χ0v) is 16.9. The third-order valence-corrected chi connectivity index (χ3v) is 4.30. The second kappa shape index (κ2) is 8.68. The van der Waals surface area contributed by atoms with Crippen LogP contribution in [0.2, 0.25) is 0 Å². The van der Waals surface area contributed by atoms with E-state index in [1.807, 2.05) is 18.8 Å². The molecular weight excluding hydrogens is 383 g/mol. The van der Waals surface area contributed by atoms with Crippen molar-refractivity contribution in [1.82, 2.24) is 15.5 Å². The van der Waals surface area contributed by atoms with Crippen LogP contribution in [0.3, 0.4) is 0 Å². The van der Waals surface area contributed by atoms with Gasteiger partial charge in [-0.25, -0.2) is 0 Å². The largest absolute Gasteiger partial charge is 0.355 e. The van der Waals surface area contributed by atoms with E-state index in [4.69, 9.17) is 0 Å². The summed E-state index contributed by atoms with van der Waals surface area (Å²) in [6.07, 6.45) is 0. The third kappa shape index (κ3) is 7.93. The Hall–Kier alpha value is 0.310. The fraction of sp³-hybridized carbons (Fsp3) is 0.929. The van der Waals surface area contributed by atoms with E-state index in [0.29, 0.717) is 4.75 Å². The highest BCUT2D eigenvalue weighted by atomic mass is 127. The van der Waals surface area contributed by atoms with Crippen molar-refractivity contribution in [2.45, 2.75) is 44.9 Å². The maximum Gasteiger partial charge on any atom is 0.193 e. The number of nitrogens with one attached hydrogen (secondary N) is 2. The first-order valence-electron chi connectivity index (χ1n) is 7.08. The van der Waals surface area contributed by atoms with Gasteiger partial charge in [0.05, 0.1) is 0 Å². The molecule has 0 amide bonds. The molecule has 0 radical (unpaired) electrons. The van der Waals surface area contributed by atoms with E-state index in [1.54, 1.807) is 0 Å². The molecule has 1 heterocycles. The molecular formula is C14H31IN4S. The quantitative estimate of drug-likeness (QED) is 0.322. The Balaban J connectivity index is 0.00000361. The van der Waals surface area contributed by atoms with Gasteiger partial charge in [0, 0.05) is 49.3 Å². The number of nitrogens with zero attached hydrogens (tertiary/aromatic N) is 2. The Bertz CT molecular complexity index is 313. The Morgan fingerprint density at radius 2 is 1.95 bits per heavy atom. The van der Waals surface area contributed by atoms with Gasteiger partial charge in [-0.05, 0) is 34.6 Å². The first-order chi connectivity index (χ1) is 8.73. The van der Waals surface area contributed by atoms with Crippen molar-refractivity contribution in [3.8, 4) is 0 Å². The summed E-state index contributed by atoms with van der Waals surface area (Å²) in [6.45, 7) is 15.2. The number of rotatable bonds is 3. The number of guanidine groups is 1. The van der Waals surface area contributed by atoms with Crippen LogP contribution in [0, 0.1) is 0 Å². The van der Waals surface area contributed by atoms with Crippen LogP contribution in [0.5, 0.6) is 0 Å². The molecule has 0 spiro atoms. The van der Waals surface area contributed by atoms with Crippen molar-refractivity contribution in [1.29, 1.82) is 0 Å². The Kier molecular flexibility index (Phi) is 8.81. The maximum absolute atomic E-state index is 4.41. The van der Waals surface area contributed by atoms with E-state index >= 15 is 0 Å². The van der Waals surface area contributed by atoms with Gasteiger partial charge in [-0.3, -0.25) is 4.99 Å². The summed E-state index contributed by atoms with van der Waals surface area (Å²) in [6, 6.07) is 0. The van der Waals surface area contributed by atoms with Gasteiger partial charge >= 0.3 is 0 Å². The summed E-state index contributed by atoms with van der Waals surface area (Å²) in [5, 5.41) is 6.93. The highest BCUT2D eigenvalue weighted by Crippen LogP contribution is 2.29. The molecule has 0 aromatic heterocycles. The van der Waals surface area contributed by atoms with Crippen molar-refractivity contribution in [3.63, 3.8) is 0 Å². The second-order valence-corrected chi connectivity index (χ2v) is 8.48. The van der Waals surface area contributed by atoms with Crippen LogP contribution >= 0.6 is 35.7 Å². The highest BCUT2D eigenvalue weighted by Gasteiger charge is 2.28. The van der Waals surface area contributed by atoms with Gasteiger partial charge < -0.3 is 15.5 Å². The topological polar surface area (TPSA) is 39.7 Å². The lowest BCUT2D eigenvalue weighted by Gasteiger charge is -2.39. The van der Waals surface area contributed by atoms with E-state index in [-0.39, 0.29) is 29.5 Å². The van der Waals surface area contributed by atoms with Crippen molar-refractivity contribution >= 4 is 41.7 Å². The molecule has 0 aromatic carbocycles. The fourth-order valence-corrected chi connectivity index (χ4v) is 3.25. The monoisotopic (exact) mass is 414 g/mol. The van der Waals surface area contributed by atoms with Gasteiger partial charge in [-0.2, -0.15) is 11.8 Å². The molecule has 0 unspecified atom stereocenters. The normalized spacial score (nSPS) is 19.5. The second-order valence-electron chi connectivity index (χ2n) is 6.68. The zero-order valence-electron chi connectivity index (χ0n) is 13.7. The molecule has 1 fully saturated rings. The average molecular weight is 414 g/mol. The zero-order chi connectivity index (χ0) is 14.5. The summed E-state index contributed by atoms with van der Waals surface area (Å²) >= 11 is 2.05. The van der Waals surface area contributed by atoms with Crippen LogP contribution in [0.1, 0.15) is 34.6 Å².